The van der Waals surface area contributed by atoms with Gasteiger partial charge in [0.15, 0.2) is 0 Å². The summed E-state index contributed by atoms with van der Waals surface area (Å²) in [5, 5.41) is 11.7. The van der Waals surface area contributed by atoms with Crippen molar-refractivity contribution < 1.29 is 27.6 Å². The lowest BCUT2D eigenvalue weighted by atomic mass is 9.81. The van der Waals surface area contributed by atoms with Gasteiger partial charge in [-0.3, -0.25) is 10.1 Å². The molecule has 140 valence electrons. The van der Waals surface area contributed by atoms with Crippen LogP contribution in [0.25, 0.3) is 0 Å². The van der Waals surface area contributed by atoms with E-state index in [0.717, 1.165) is 19.2 Å². The van der Waals surface area contributed by atoms with Crippen molar-refractivity contribution in [1.29, 1.82) is 0 Å². The summed E-state index contributed by atoms with van der Waals surface area (Å²) in [5.41, 5.74) is -1.63. The first-order valence-electron chi connectivity index (χ1n) is 7.56. The number of rotatable bonds is 3. The van der Waals surface area contributed by atoms with Gasteiger partial charge in [0.2, 0.25) is 0 Å². The van der Waals surface area contributed by atoms with Crippen molar-refractivity contribution in [2.75, 3.05) is 14.2 Å². The highest BCUT2D eigenvalue weighted by Crippen LogP contribution is 2.45. The van der Waals surface area contributed by atoms with Crippen molar-refractivity contribution >= 4 is 5.97 Å². The van der Waals surface area contributed by atoms with E-state index in [1.807, 2.05) is 0 Å². The van der Waals surface area contributed by atoms with Crippen LogP contribution < -0.4 is 0 Å². The Kier molecular flexibility index (Phi) is 5.11. The first-order chi connectivity index (χ1) is 12.0. The van der Waals surface area contributed by atoms with Crippen LogP contribution >= 0.6 is 0 Å². The second-order valence-electron chi connectivity index (χ2n) is 5.80. The number of hydrogen-bond donors (Lipinski definition) is 0. The molecular weight excluding hydrogens is 353 g/mol. The van der Waals surface area contributed by atoms with E-state index in [2.05, 4.69) is 0 Å². The molecule has 0 spiro atoms. The molecule has 1 aromatic rings. The molecule has 26 heavy (non-hydrogen) atoms. The molecule has 1 heterocycles. The molecular formula is C17H17F3N2O4. The van der Waals surface area contributed by atoms with Gasteiger partial charge in [0.25, 0.3) is 5.70 Å². The third kappa shape index (κ3) is 3.16. The predicted octanol–water partition coefficient (Wildman–Crippen LogP) is 3.69. The first kappa shape index (κ1) is 19.5. The third-order valence-electron chi connectivity index (χ3n) is 4.51. The number of nitro groups is 1. The monoisotopic (exact) mass is 370 g/mol. The summed E-state index contributed by atoms with van der Waals surface area (Å²) in [6.07, 6.45) is -4.73. The molecule has 0 aliphatic carbocycles. The van der Waals surface area contributed by atoms with E-state index in [0.29, 0.717) is 5.70 Å². The number of benzene rings is 1. The molecule has 0 radical (unpaired) electrons. The summed E-state index contributed by atoms with van der Waals surface area (Å²) in [6.45, 7) is 2.94. The van der Waals surface area contributed by atoms with Crippen molar-refractivity contribution in [3.05, 3.63) is 68.2 Å². The van der Waals surface area contributed by atoms with Crippen LogP contribution in [0.5, 0.6) is 0 Å². The Morgan fingerprint density at radius 2 is 1.81 bits per heavy atom. The average molecular weight is 370 g/mol. The molecule has 0 fully saturated rings. The number of carbonyl (C=O) groups excluding carboxylic acids is 1. The average Bonchev–Trinajstić information content (AvgIpc) is 2.57. The molecule has 0 amide bonds. The first-order valence-corrected chi connectivity index (χ1v) is 7.56. The minimum atomic E-state index is -4.73. The fourth-order valence-corrected chi connectivity index (χ4v) is 3.08. The van der Waals surface area contributed by atoms with Gasteiger partial charge in [-0.1, -0.05) is 18.2 Å². The van der Waals surface area contributed by atoms with Gasteiger partial charge in [-0.25, -0.2) is 4.79 Å². The van der Waals surface area contributed by atoms with Crippen molar-refractivity contribution in [3.8, 4) is 0 Å². The second kappa shape index (κ2) is 6.81. The molecule has 1 unspecified atom stereocenters. The zero-order valence-electron chi connectivity index (χ0n) is 14.5. The Morgan fingerprint density at radius 3 is 2.31 bits per heavy atom. The Labute approximate surface area is 147 Å². The van der Waals surface area contributed by atoms with Crippen LogP contribution in [0, 0.1) is 10.1 Å². The number of alkyl halides is 3. The van der Waals surface area contributed by atoms with E-state index in [-0.39, 0.29) is 16.8 Å². The van der Waals surface area contributed by atoms with Crippen LogP contribution in [0.4, 0.5) is 13.2 Å². The molecule has 0 saturated carbocycles. The van der Waals surface area contributed by atoms with Gasteiger partial charge in [0, 0.05) is 12.7 Å². The number of carbonyl (C=O) groups is 1. The highest BCUT2D eigenvalue weighted by Gasteiger charge is 2.46. The van der Waals surface area contributed by atoms with E-state index in [4.69, 9.17) is 4.74 Å². The second-order valence-corrected chi connectivity index (χ2v) is 5.80. The summed E-state index contributed by atoms with van der Waals surface area (Å²) in [5.74, 6) is -2.41. The zero-order valence-corrected chi connectivity index (χ0v) is 14.5. The highest BCUT2D eigenvalue weighted by molar-refractivity contribution is 5.92. The van der Waals surface area contributed by atoms with Crippen LogP contribution in [0.3, 0.4) is 0 Å². The summed E-state index contributed by atoms with van der Waals surface area (Å²) in [7, 11) is 2.58. The van der Waals surface area contributed by atoms with Gasteiger partial charge >= 0.3 is 12.1 Å². The Morgan fingerprint density at radius 1 is 1.23 bits per heavy atom. The van der Waals surface area contributed by atoms with Crippen molar-refractivity contribution in [2.45, 2.75) is 25.9 Å². The van der Waals surface area contributed by atoms with Crippen molar-refractivity contribution in [1.82, 2.24) is 4.90 Å². The SMILES string of the molecule is COC(=O)C1=C(C)N(C)C(C)=C([N+](=O)[O-])C1c1ccccc1C(F)(F)F. The summed E-state index contributed by atoms with van der Waals surface area (Å²) < 4.78 is 45.2. The molecule has 1 aliphatic rings. The van der Waals surface area contributed by atoms with E-state index < -0.39 is 34.2 Å². The maximum atomic E-state index is 13.5. The van der Waals surface area contributed by atoms with Gasteiger partial charge in [-0.15, -0.1) is 0 Å². The number of halogens is 3. The number of esters is 1. The minimum absolute atomic E-state index is 0.155. The number of methoxy groups -OCH3 is 1. The molecule has 0 bridgehead atoms. The molecule has 1 atom stereocenters. The standard InChI is InChI=1S/C17H17F3N2O4/c1-9-13(16(23)26-4)14(15(22(24)25)10(2)21(9)3)11-7-5-6-8-12(11)17(18,19)20/h5-8,14H,1-4H3. The van der Waals surface area contributed by atoms with Crippen LogP contribution in [-0.2, 0) is 15.7 Å². The van der Waals surface area contributed by atoms with Gasteiger partial charge in [-0.05, 0) is 25.5 Å². The highest BCUT2D eigenvalue weighted by atomic mass is 19.4. The lowest BCUT2D eigenvalue weighted by Crippen LogP contribution is -2.33. The molecule has 1 aliphatic heterocycles. The lowest BCUT2D eigenvalue weighted by Gasteiger charge is -2.33. The molecule has 2 rings (SSSR count). The minimum Gasteiger partial charge on any atom is -0.466 e. The fraction of sp³-hybridized carbons (Fsp3) is 0.353. The maximum Gasteiger partial charge on any atom is 0.416 e. The summed E-state index contributed by atoms with van der Waals surface area (Å²) in [6, 6.07) is 4.52. The zero-order chi connectivity index (χ0) is 19.8. The molecule has 9 heteroatoms. The van der Waals surface area contributed by atoms with Crippen molar-refractivity contribution in [3.63, 3.8) is 0 Å². The molecule has 1 aromatic carbocycles. The molecule has 6 nitrogen and oxygen atoms in total. The number of allylic oxidation sites excluding steroid dienone is 3. The van der Waals surface area contributed by atoms with Gasteiger partial charge in [-0.2, -0.15) is 13.2 Å². The van der Waals surface area contributed by atoms with Gasteiger partial charge in [0.1, 0.15) is 5.92 Å². The summed E-state index contributed by atoms with van der Waals surface area (Å²) >= 11 is 0. The van der Waals surface area contributed by atoms with Crippen LogP contribution in [0.2, 0.25) is 0 Å². The fourth-order valence-electron chi connectivity index (χ4n) is 3.08. The van der Waals surface area contributed by atoms with E-state index in [1.54, 1.807) is 0 Å². The smallest absolute Gasteiger partial charge is 0.416 e. The van der Waals surface area contributed by atoms with Crippen molar-refractivity contribution in [2.24, 2.45) is 0 Å². The van der Waals surface area contributed by atoms with Crippen LogP contribution in [0.15, 0.2) is 46.9 Å². The predicted molar refractivity (Wildman–Crippen MR) is 86.4 cm³/mol. The number of hydrogen-bond acceptors (Lipinski definition) is 5. The quantitative estimate of drug-likeness (QED) is 0.461. The maximum absolute atomic E-state index is 13.5. The molecule has 0 aromatic heterocycles. The van der Waals surface area contributed by atoms with Crippen LogP contribution in [0.1, 0.15) is 30.9 Å². The Bertz CT molecular complexity index is 828. The molecule has 0 saturated heterocycles. The Hall–Kier alpha value is -2.84. The topological polar surface area (TPSA) is 72.7 Å². The number of nitrogens with zero attached hydrogens (tertiary/aromatic N) is 2. The van der Waals surface area contributed by atoms with E-state index >= 15 is 0 Å². The van der Waals surface area contributed by atoms with Gasteiger partial charge in [0.05, 0.1) is 28.9 Å². The third-order valence-corrected chi connectivity index (χ3v) is 4.51. The Balaban J connectivity index is 2.88. The van der Waals surface area contributed by atoms with Gasteiger partial charge < -0.3 is 9.64 Å². The largest absolute Gasteiger partial charge is 0.466 e. The van der Waals surface area contributed by atoms with E-state index in [1.165, 1.54) is 37.9 Å². The van der Waals surface area contributed by atoms with E-state index in [9.17, 15) is 28.1 Å². The van der Waals surface area contributed by atoms with Crippen LogP contribution in [-0.4, -0.2) is 29.9 Å². The summed E-state index contributed by atoms with van der Waals surface area (Å²) in [4.78, 5) is 24.6. The normalized spacial score (nSPS) is 18.3. The molecule has 0 N–H and O–H groups in total. The lowest BCUT2D eigenvalue weighted by molar-refractivity contribution is -0.431. The number of ether oxygens (including phenoxy) is 1.